The quantitative estimate of drug-likeness (QED) is 0.845. The number of piperazine rings is 1. The number of amides is 3. The van der Waals surface area contributed by atoms with Crippen LogP contribution in [0.4, 0.5) is 4.79 Å². The van der Waals surface area contributed by atoms with E-state index in [1.165, 1.54) is 5.01 Å². The highest BCUT2D eigenvalue weighted by atomic mass is 16.6. The van der Waals surface area contributed by atoms with Crippen LogP contribution < -0.4 is 5.43 Å². The number of hydrogen-bond donors (Lipinski definition) is 1. The Morgan fingerprint density at radius 2 is 1.71 bits per heavy atom. The number of nitrogens with zero attached hydrogens (tertiary/aromatic N) is 3. The standard InChI is InChI=1S/C20H26N4O4/c1-3-28-20(27)23-12-10-22(11-13-23)19(26)14-24-18(25)9-8-17(21-24)16-6-4-15(2)5-7-16/h4-8,21H,3,9-14H2,1-2H3. The molecule has 8 nitrogen and oxygen atoms in total. The molecule has 2 heterocycles. The molecule has 0 spiro atoms. The average molecular weight is 386 g/mol. The van der Waals surface area contributed by atoms with Crippen molar-refractivity contribution in [3.05, 3.63) is 41.5 Å². The molecule has 3 rings (SSSR count). The number of ether oxygens (including phenoxy) is 1. The molecule has 3 amide bonds. The molecule has 1 N–H and O–H groups in total. The summed E-state index contributed by atoms with van der Waals surface area (Å²) < 4.78 is 4.99. The van der Waals surface area contributed by atoms with E-state index < -0.39 is 0 Å². The van der Waals surface area contributed by atoms with E-state index in [1.807, 2.05) is 37.3 Å². The van der Waals surface area contributed by atoms with Gasteiger partial charge < -0.3 is 14.5 Å². The summed E-state index contributed by atoms with van der Waals surface area (Å²) in [5.74, 6) is -0.288. The number of carbonyl (C=O) groups is 3. The smallest absolute Gasteiger partial charge is 0.409 e. The van der Waals surface area contributed by atoms with Gasteiger partial charge in [0.15, 0.2) is 0 Å². The van der Waals surface area contributed by atoms with E-state index in [-0.39, 0.29) is 30.9 Å². The molecule has 0 unspecified atom stereocenters. The van der Waals surface area contributed by atoms with Crippen molar-refractivity contribution < 1.29 is 19.1 Å². The maximum absolute atomic E-state index is 12.6. The normalized spacial score (nSPS) is 17.1. The van der Waals surface area contributed by atoms with Crippen molar-refractivity contribution in [1.82, 2.24) is 20.2 Å². The van der Waals surface area contributed by atoms with E-state index in [0.717, 1.165) is 16.8 Å². The van der Waals surface area contributed by atoms with Crippen LogP contribution in [-0.4, -0.2) is 72.0 Å². The molecule has 1 aromatic rings. The Hall–Kier alpha value is -3.03. The van der Waals surface area contributed by atoms with Crippen LogP contribution in [0.2, 0.25) is 0 Å². The van der Waals surface area contributed by atoms with Crippen LogP contribution >= 0.6 is 0 Å². The molecule has 2 aliphatic rings. The number of aryl methyl sites for hydroxylation is 1. The van der Waals surface area contributed by atoms with Crippen molar-refractivity contribution in [1.29, 1.82) is 0 Å². The van der Waals surface area contributed by atoms with Gasteiger partial charge in [-0.15, -0.1) is 0 Å². The van der Waals surface area contributed by atoms with Crippen molar-refractivity contribution in [2.45, 2.75) is 20.3 Å². The third kappa shape index (κ3) is 4.62. The first kappa shape index (κ1) is 19.7. The number of nitrogens with one attached hydrogen (secondary N) is 1. The van der Waals surface area contributed by atoms with Gasteiger partial charge in [0, 0.05) is 32.6 Å². The molecule has 0 bridgehead atoms. The van der Waals surface area contributed by atoms with E-state index >= 15 is 0 Å². The van der Waals surface area contributed by atoms with Crippen LogP contribution in [0.1, 0.15) is 24.5 Å². The molecular weight excluding hydrogens is 360 g/mol. The summed E-state index contributed by atoms with van der Waals surface area (Å²) in [5, 5.41) is 1.37. The molecule has 1 aromatic carbocycles. The maximum atomic E-state index is 12.6. The summed E-state index contributed by atoms with van der Waals surface area (Å²) >= 11 is 0. The van der Waals surface area contributed by atoms with E-state index in [0.29, 0.717) is 32.8 Å². The van der Waals surface area contributed by atoms with Gasteiger partial charge in [-0.2, -0.15) is 0 Å². The average Bonchev–Trinajstić information content (AvgIpc) is 2.70. The Labute approximate surface area is 164 Å². The fraction of sp³-hybridized carbons (Fsp3) is 0.450. The van der Waals surface area contributed by atoms with Crippen LogP contribution in [0.5, 0.6) is 0 Å². The Morgan fingerprint density at radius 1 is 1.07 bits per heavy atom. The van der Waals surface area contributed by atoms with Crippen molar-refractivity contribution in [2.75, 3.05) is 39.3 Å². The molecular formula is C20H26N4O4. The number of carbonyl (C=O) groups excluding carboxylic acids is 3. The molecule has 8 heteroatoms. The topological polar surface area (TPSA) is 82.2 Å². The Balaban J connectivity index is 1.55. The number of benzene rings is 1. The lowest BCUT2D eigenvalue weighted by atomic mass is 10.1. The van der Waals surface area contributed by atoms with Crippen LogP contribution in [0.25, 0.3) is 5.70 Å². The lowest BCUT2D eigenvalue weighted by Crippen LogP contribution is -2.55. The molecule has 0 radical (unpaired) electrons. The Morgan fingerprint density at radius 3 is 2.36 bits per heavy atom. The molecule has 0 atom stereocenters. The fourth-order valence-corrected chi connectivity index (χ4v) is 3.18. The summed E-state index contributed by atoms with van der Waals surface area (Å²) in [5.41, 5.74) is 6.01. The van der Waals surface area contributed by atoms with Crippen molar-refractivity contribution >= 4 is 23.6 Å². The zero-order valence-electron chi connectivity index (χ0n) is 16.3. The largest absolute Gasteiger partial charge is 0.450 e. The third-order valence-corrected chi connectivity index (χ3v) is 4.85. The molecule has 28 heavy (non-hydrogen) atoms. The second-order valence-electron chi connectivity index (χ2n) is 6.85. The molecule has 1 fully saturated rings. The fourth-order valence-electron chi connectivity index (χ4n) is 3.18. The number of rotatable bonds is 4. The van der Waals surface area contributed by atoms with Gasteiger partial charge in [-0.25, -0.2) is 9.80 Å². The third-order valence-electron chi connectivity index (χ3n) is 4.85. The van der Waals surface area contributed by atoms with Gasteiger partial charge in [0.1, 0.15) is 6.54 Å². The minimum Gasteiger partial charge on any atom is -0.450 e. The van der Waals surface area contributed by atoms with Gasteiger partial charge in [-0.1, -0.05) is 29.8 Å². The molecule has 0 aliphatic carbocycles. The van der Waals surface area contributed by atoms with Crippen LogP contribution in [-0.2, 0) is 14.3 Å². The summed E-state index contributed by atoms with van der Waals surface area (Å²) in [7, 11) is 0. The van der Waals surface area contributed by atoms with Gasteiger partial charge in [-0.05, 0) is 25.5 Å². The highest BCUT2D eigenvalue weighted by Gasteiger charge is 2.28. The van der Waals surface area contributed by atoms with Crippen LogP contribution in [0.15, 0.2) is 30.3 Å². The van der Waals surface area contributed by atoms with Gasteiger partial charge in [-0.3, -0.25) is 15.0 Å². The minimum atomic E-state index is -0.352. The number of hydrogen-bond acceptors (Lipinski definition) is 5. The zero-order chi connectivity index (χ0) is 20.1. The lowest BCUT2D eigenvalue weighted by Gasteiger charge is -2.36. The summed E-state index contributed by atoms with van der Waals surface area (Å²) in [6.45, 7) is 5.79. The second-order valence-corrected chi connectivity index (χ2v) is 6.85. The van der Waals surface area contributed by atoms with Crippen LogP contribution in [0.3, 0.4) is 0 Å². The highest BCUT2D eigenvalue weighted by Crippen LogP contribution is 2.18. The van der Waals surface area contributed by atoms with E-state index in [2.05, 4.69) is 5.43 Å². The van der Waals surface area contributed by atoms with E-state index in [1.54, 1.807) is 16.7 Å². The van der Waals surface area contributed by atoms with Crippen molar-refractivity contribution in [3.8, 4) is 0 Å². The maximum Gasteiger partial charge on any atom is 0.409 e. The first-order chi connectivity index (χ1) is 13.5. The molecule has 1 saturated heterocycles. The Kier molecular flexibility index (Phi) is 6.18. The summed E-state index contributed by atoms with van der Waals surface area (Å²) in [6, 6.07) is 7.98. The monoisotopic (exact) mass is 386 g/mol. The van der Waals surface area contributed by atoms with Crippen molar-refractivity contribution in [3.63, 3.8) is 0 Å². The van der Waals surface area contributed by atoms with E-state index in [4.69, 9.17) is 4.74 Å². The predicted molar refractivity (Wildman–Crippen MR) is 104 cm³/mol. The van der Waals surface area contributed by atoms with Gasteiger partial charge in [0.2, 0.25) is 11.8 Å². The first-order valence-electron chi connectivity index (χ1n) is 9.51. The molecule has 2 aliphatic heterocycles. The first-order valence-corrected chi connectivity index (χ1v) is 9.51. The molecule has 150 valence electrons. The van der Waals surface area contributed by atoms with Gasteiger partial charge in [0.25, 0.3) is 0 Å². The number of hydrazine groups is 1. The Bertz CT molecular complexity index is 767. The van der Waals surface area contributed by atoms with E-state index in [9.17, 15) is 14.4 Å². The minimum absolute atomic E-state index is 0.0402. The zero-order valence-corrected chi connectivity index (χ0v) is 16.3. The summed E-state index contributed by atoms with van der Waals surface area (Å²) in [4.78, 5) is 39.9. The van der Waals surface area contributed by atoms with Crippen LogP contribution in [0, 0.1) is 6.92 Å². The van der Waals surface area contributed by atoms with Gasteiger partial charge >= 0.3 is 6.09 Å². The summed E-state index contributed by atoms with van der Waals surface area (Å²) in [6.07, 6.45) is 1.74. The van der Waals surface area contributed by atoms with Gasteiger partial charge in [0.05, 0.1) is 12.3 Å². The SMILES string of the molecule is CCOC(=O)N1CCN(C(=O)CN2NC(c3ccc(C)cc3)=CCC2=O)CC1. The van der Waals surface area contributed by atoms with Crippen molar-refractivity contribution in [2.24, 2.45) is 0 Å². The highest BCUT2D eigenvalue weighted by molar-refractivity contribution is 5.88. The molecule has 0 saturated carbocycles. The second kappa shape index (κ2) is 8.77. The predicted octanol–water partition coefficient (Wildman–Crippen LogP) is 1.37. The molecule has 0 aromatic heterocycles. The lowest BCUT2D eigenvalue weighted by molar-refractivity contribution is -0.143.